The van der Waals surface area contributed by atoms with E-state index in [1.54, 1.807) is 7.11 Å². The summed E-state index contributed by atoms with van der Waals surface area (Å²) in [6.45, 7) is 0. The second-order valence-electron chi connectivity index (χ2n) is 3.03. The SMILES string of the molecule is COc1ccc(CC#N)c2[nH]ccc12. The van der Waals surface area contributed by atoms with Gasteiger partial charge in [0.25, 0.3) is 0 Å². The van der Waals surface area contributed by atoms with Crippen LogP contribution in [0.2, 0.25) is 0 Å². The average Bonchev–Trinajstić information content (AvgIpc) is 2.67. The van der Waals surface area contributed by atoms with Gasteiger partial charge in [-0.15, -0.1) is 0 Å². The van der Waals surface area contributed by atoms with E-state index in [9.17, 15) is 0 Å². The lowest BCUT2D eigenvalue weighted by atomic mass is 10.1. The second-order valence-corrected chi connectivity index (χ2v) is 3.03. The third-order valence-electron chi connectivity index (χ3n) is 2.26. The van der Waals surface area contributed by atoms with E-state index in [0.29, 0.717) is 6.42 Å². The molecule has 3 nitrogen and oxygen atoms in total. The first-order valence-corrected chi connectivity index (χ1v) is 4.36. The zero-order chi connectivity index (χ0) is 9.97. The summed E-state index contributed by atoms with van der Waals surface area (Å²) in [6.07, 6.45) is 2.27. The normalized spacial score (nSPS) is 10.0. The summed E-state index contributed by atoms with van der Waals surface area (Å²) >= 11 is 0. The molecule has 2 aromatic rings. The maximum absolute atomic E-state index is 8.65. The molecule has 0 unspecified atom stereocenters. The molecule has 0 radical (unpaired) electrons. The number of H-pyrrole nitrogens is 1. The van der Waals surface area contributed by atoms with Gasteiger partial charge in [-0.3, -0.25) is 0 Å². The van der Waals surface area contributed by atoms with Gasteiger partial charge in [0.15, 0.2) is 0 Å². The van der Waals surface area contributed by atoms with Gasteiger partial charge in [0, 0.05) is 11.6 Å². The van der Waals surface area contributed by atoms with Crippen LogP contribution < -0.4 is 4.74 Å². The topological polar surface area (TPSA) is 48.8 Å². The standard InChI is InChI=1S/C11H10N2O/c1-14-10-3-2-8(4-6-12)11-9(10)5-7-13-11/h2-3,5,7,13H,4H2,1H3. The Kier molecular flexibility index (Phi) is 2.11. The number of aromatic nitrogens is 1. The molecule has 14 heavy (non-hydrogen) atoms. The molecule has 0 aliphatic carbocycles. The Bertz CT molecular complexity index is 493. The van der Waals surface area contributed by atoms with Gasteiger partial charge in [-0.25, -0.2) is 0 Å². The summed E-state index contributed by atoms with van der Waals surface area (Å²) in [5.41, 5.74) is 2.00. The number of methoxy groups -OCH3 is 1. The number of nitriles is 1. The summed E-state index contributed by atoms with van der Waals surface area (Å²) in [6, 6.07) is 7.91. The monoisotopic (exact) mass is 186 g/mol. The number of benzene rings is 1. The molecule has 1 heterocycles. The maximum atomic E-state index is 8.65. The molecule has 0 aliphatic heterocycles. The summed E-state index contributed by atoms with van der Waals surface area (Å²) in [7, 11) is 1.64. The number of nitrogens with zero attached hydrogens (tertiary/aromatic N) is 1. The molecule has 0 bridgehead atoms. The average molecular weight is 186 g/mol. The Morgan fingerprint density at radius 3 is 3.00 bits per heavy atom. The molecule has 1 aromatic carbocycles. The van der Waals surface area contributed by atoms with Crippen LogP contribution in [0, 0.1) is 11.3 Å². The zero-order valence-corrected chi connectivity index (χ0v) is 7.87. The summed E-state index contributed by atoms with van der Waals surface area (Å²) < 4.78 is 5.22. The molecule has 0 spiro atoms. The predicted molar refractivity (Wildman–Crippen MR) is 54.2 cm³/mol. The molecular formula is C11H10N2O. The van der Waals surface area contributed by atoms with E-state index in [1.165, 1.54) is 0 Å². The summed E-state index contributed by atoms with van der Waals surface area (Å²) in [4.78, 5) is 3.12. The fourth-order valence-corrected chi connectivity index (χ4v) is 1.60. The van der Waals surface area contributed by atoms with Crippen LogP contribution in [0.3, 0.4) is 0 Å². The zero-order valence-electron chi connectivity index (χ0n) is 7.87. The number of fused-ring (bicyclic) bond motifs is 1. The van der Waals surface area contributed by atoms with Gasteiger partial charge >= 0.3 is 0 Å². The van der Waals surface area contributed by atoms with Crippen molar-refractivity contribution in [1.29, 1.82) is 5.26 Å². The highest BCUT2D eigenvalue weighted by Gasteiger charge is 2.06. The molecule has 1 N–H and O–H groups in total. The van der Waals surface area contributed by atoms with E-state index in [2.05, 4.69) is 11.1 Å². The molecule has 0 amide bonds. The molecule has 70 valence electrons. The highest BCUT2D eigenvalue weighted by atomic mass is 16.5. The first kappa shape index (κ1) is 8.64. The van der Waals surface area contributed by atoms with E-state index in [1.807, 2.05) is 24.4 Å². The molecule has 2 rings (SSSR count). The Hall–Kier alpha value is -1.95. The van der Waals surface area contributed by atoms with Crippen LogP contribution in [-0.4, -0.2) is 12.1 Å². The van der Waals surface area contributed by atoms with Crippen LogP contribution in [0.5, 0.6) is 5.75 Å². The minimum Gasteiger partial charge on any atom is -0.496 e. The van der Waals surface area contributed by atoms with Crippen LogP contribution in [0.4, 0.5) is 0 Å². The van der Waals surface area contributed by atoms with Gasteiger partial charge in [-0.1, -0.05) is 6.07 Å². The van der Waals surface area contributed by atoms with E-state index < -0.39 is 0 Å². The van der Waals surface area contributed by atoms with E-state index in [0.717, 1.165) is 22.2 Å². The lowest BCUT2D eigenvalue weighted by Gasteiger charge is -2.03. The lowest BCUT2D eigenvalue weighted by molar-refractivity contribution is 0.420. The fraction of sp³-hybridized carbons (Fsp3) is 0.182. The van der Waals surface area contributed by atoms with Crippen molar-refractivity contribution in [3.05, 3.63) is 30.0 Å². The van der Waals surface area contributed by atoms with Crippen molar-refractivity contribution in [3.8, 4) is 11.8 Å². The Morgan fingerprint density at radius 2 is 2.29 bits per heavy atom. The molecule has 0 saturated carbocycles. The smallest absolute Gasteiger partial charge is 0.128 e. The van der Waals surface area contributed by atoms with Gasteiger partial charge in [0.1, 0.15) is 5.75 Å². The molecule has 1 aromatic heterocycles. The summed E-state index contributed by atoms with van der Waals surface area (Å²) in [5.74, 6) is 0.836. The number of hydrogen-bond acceptors (Lipinski definition) is 2. The Balaban J connectivity index is 2.67. The molecule has 0 fully saturated rings. The minimum absolute atomic E-state index is 0.418. The minimum atomic E-state index is 0.418. The van der Waals surface area contributed by atoms with Crippen molar-refractivity contribution in [3.63, 3.8) is 0 Å². The number of rotatable bonds is 2. The Labute approximate surface area is 81.9 Å². The van der Waals surface area contributed by atoms with Crippen LogP contribution in [-0.2, 0) is 6.42 Å². The van der Waals surface area contributed by atoms with Gasteiger partial charge in [-0.2, -0.15) is 5.26 Å². The van der Waals surface area contributed by atoms with Crippen LogP contribution in [0.25, 0.3) is 10.9 Å². The van der Waals surface area contributed by atoms with Gasteiger partial charge in [0.05, 0.1) is 25.1 Å². The van der Waals surface area contributed by atoms with Crippen LogP contribution in [0.1, 0.15) is 5.56 Å². The molecule has 3 heteroatoms. The summed E-state index contributed by atoms with van der Waals surface area (Å²) in [5, 5.41) is 9.68. The number of aromatic amines is 1. The third-order valence-corrected chi connectivity index (χ3v) is 2.26. The van der Waals surface area contributed by atoms with Crippen molar-refractivity contribution < 1.29 is 4.74 Å². The highest BCUT2D eigenvalue weighted by Crippen LogP contribution is 2.27. The first-order valence-electron chi connectivity index (χ1n) is 4.36. The van der Waals surface area contributed by atoms with Crippen molar-refractivity contribution >= 4 is 10.9 Å². The quantitative estimate of drug-likeness (QED) is 0.781. The van der Waals surface area contributed by atoms with Crippen LogP contribution in [0.15, 0.2) is 24.4 Å². The molecular weight excluding hydrogens is 176 g/mol. The molecule has 0 saturated heterocycles. The fourth-order valence-electron chi connectivity index (χ4n) is 1.60. The van der Waals surface area contributed by atoms with Gasteiger partial charge < -0.3 is 9.72 Å². The maximum Gasteiger partial charge on any atom is 0.128 e. The van der Waals surface area contributed by atoms with Crippen molar-refractivity contribution in [2.75, 3.05) is 7.11 Å². The van der Waals surface area contributed by atoms with E-state index >= 15 is 0 Å². The van der Waals surface area contributed by atoms with Crippen molar-refractivity contribution in [1.82, 2.24) is 4.98 Å². The van der Waals surface area contributed by atoms with Gasteiger partial charge in [-0.05, 0) is 17.7 Å². The van der Waals surface area contributed by atoms with E-state index in [-0.39, 0.29) is 0 Å². The number of hydrogen-bond donors (Lipinski definition) is 1. The largest absolute Gasteiger partial charge is 0.496 e. The highest BCUT2D eigenvalue weighted by molar-refractivity contribution is 5.88. The second kappa shape index (κ2) is 3.43. The Morgan fingerprint density at radius 1 is 1.43 bits per heavy atom. The van der Waals surface area contributed by atoms with Crippen molar-refractivity contribution in [2.24, 2.45) is 0 Å². The third kappa shape index (κ3) is 1.21. The molecule has 0 atom stereocenters. The predicted octanol–water partition coefficient (Wildman–Crippen LogP) is 2.24. The van der Waals surface area contributed by atoms with Crippen molar-refractivity contribution in [2.45, 2.75) is 6.42 Å². The lowest BCUT2D eigenvalue weighted by Crippen LogP contribution is -1.88. The van der Waals surface area contributed by atoms with Gasteiger partial charge in [0.2, 0.25) is 0 Å². The van der Waals surface area contributed by atoms with Crippen LogP contribution >= 0.6 is 0 Å². The van der Waals surface area contributed by atoms with E-state index in [4.69, 9.17) is 10.00 Å². The number of ether oxygens (including phenoxy) is 1. The number of nitrogens with one attached hydrogen (secondary N) is 1. The molecule has 0 aliphatic rings. The first-order chi connectivity index (χ1) is 6.86.